The van der Waals surface area contributed by atoms with E-state index in [1.54, 1.807) is 0 Å². The minimum atomic E-state index is -4.55. The first-order chi connectivity index (χ1) is 28.4. The molecule has 60 heavy (non-hydrogen) atoms. The molecule has 0 atom stereocenters. The van der Waals surface area contributed by atoms with Crippen LogP contribution in [0.4, 0.5) is 0 Å². The van der Waals surface area contributed by atoms with E-state index in [-0.39, 0.29) is 0 Å². The van der Waals surface area contributed by atoms with Crippen molar-refractivity contribution >= 4 is 15.2 Å². The lowest BCUT2D eigenvalue weighted by Gasteiger charge is -2.39. The Morgan fingerprint density at radius 2 is 0.350 bits per heavy atom. The van der Waals surface area contributed by atoms with Crippen LogP contribution in [0.25, 0.3) is 0 Å². The van der Waals surface area contributed by atoms with Crippen LogP contribution in [0.3, 0.4) is 0 Å². The summed E-state index contributed by atoms with van der Waals surface area (Å²) in [7, 11) is -9.10. The van der Waals surface area contributed by atoms with Crippen LogP contribution >= 0.6 is 15.2 Å². The second kappa shape index (κ2) is 44.4. The predicted octanol–water partition coefficient (Wildman–Crippen LogP) is 14.3. The van der Waals surface area contributed by atoms with Gasteiger partial charge in [-0.25, -0.2) is 0 Å². The Balaban J connectivity index is -0.000000356. The van der Waals surface area contributed by atoms with Crippen molar-refractivity contribution in [1.82, 2.24) is 0 Å². The van der Waals surface area contributed by atoms with E-state index in [1.807, 2.05) is 0 Å². The van der Waals surface area contributed by atoms with Crippen molar-refractivity contribution in [3.8, 4) is 0 Å². The Kier molecular flexibility index (Phi) is 49.4. The lowest BCUT2D eigenvalue weighted by atomic mass is 10.1. The van der Waals surface area contributed by atoms with Gasteiger partial charge in [-0.1, -0.05) is 160 Å². The molecule has 0 aliphatic rings. The number of quaternary nitrogens is 3. The standard InChI is InChI=1S/3C16H36N.CH6O6P2/c3*1-5-9-13-17(14-10-6-2,15-11-7-3)16-12-8-4;2-8(3,4)1-9(5,6)7/h3*5-16H2,1-4H3;1H2,(H2,2,3,4)(H2,5,6,7)/q3*+1;. The smallest absolute Gasteiger partial charge is 0.324 e. The molecule has 0 saturated heterocycles. The van der Waals surface area contributed by atoms with Gasteiger partial charge in [0, 0.05) is 0 Å². The van der Waals surface area contributed by atoms with Crippen molar-refractivity contribution in [1.29, 1.82) is 0 Å². The summed E-state index contributed by atoms with van der Waals surface area (Å²) in [5, 5.41) is 0. The van der Waals surface area contributed by atoms with Gasteiger partial charge in [-0.2, -0.15) is 0 Å². The molecular weight excluding hydrogens is 789 g/mol. The first-order valence-corrected chi connectivity index (χ1v) is 29.7. The molecule has 0 amide bonds. The molecule has 0 heterocycles. The van der Waals surface area contributed by atoms with Crippen LogP contribution in [0.2, 0.25) is 0 Å². The fraction of sp³-hybridized carbons (Fsp3) is 1.00. The van der Waals surface area contributed by atoms with Gasteiger partial charge in [-0.3, -0.25) is 9.13 Å². The second-order valence-corrected chi connectivity index (χ2v) is 22.2. The van der Waals surface area contributed by atoms with Crippen LogP contribution in [0.15, 0.2) is 0 Å². The fourth-order valence-corrected chi connectivity index (χ4v) is 10.1. The first kappa shape index (κ1) is 66.8. The molecule has 0 aromatic heterocycles. The molecule has 368 valence electrons. The summed E-state index contributed by atoms with van der Waals surface area (Å²) < 4.78 is 24.0. The lowest BCUT2D eigenvalue weighted by Crippen LogP contribution is -2.50. The SMILES string of the molecule is CCCC[N+](CCCC)(CCCC)CCCC.CCCC[N+](CCCC)(CCCC)CCCC.CCCC[N+](CCCC)(CCCC)CCCC.O=P(O)(O)CP(=O)(O)O. The third-order valence-electron chi connectivity index (χ3n) is 12.2. The molecule has 11 heteroatoms. The van der Waals surface area contributed by atoms with Gasteiger partial charge in [0.2, 0.25) is 0 Å². The molecule has 0 aromatic carbocycles. The summed E-state index contributed by atoms with van der Waals surface area (Å²) in [5.41, 5.74) is 0. The largest absolute Gasteiger partial charge is 0.337 e. The van der Waals surface area contributed by atoms with E-state index in [4.69, 9.17) is 19.6 Å². The minimum Gasteiger partial charge on any atom is -0.324 e. The molecule has 0 radical (unpaired) electrons. The second-order valence-electron chi connectivity index (χ2n) is 18.4. The van der Waals surface area contributed by atoms with E-state index in [1.165, 1.54) is 246 Å². The fourth-order valence-electron chi connectivity index (χ4n) is 8.17. The Bertz CT molecular complexity index is 743. The van der Waals surface area contributed by atoms with Crippen LogP contribution in [0.1, 0.15) is 237 Å². The van der Waals surface area contributed by atoms with E-state index in [0.29, 0.717) is 0 Å². The van der Waals surface area contributed by atoms with Gasteiger partial charge in [0.15, 0.2) is 5.90 Å². The van der Waals surface area contributed by atoms with Gasteiger partial charge in [0.05, 0.1) is 78.5 Å². The molecule has 0 unspecified atom stereocenters. The molecule has 0 aromatic rings. The highest BCUT2D eigenvalue weighted by Gasteiger charge is 2.28. The Morgan fingerprint density at radius 3 is 0.400 bits per heavy atom. The summed E-state index contributed by atoms with van der Waals surface area (Å²) in [6.45, 7) is 45.1. The van der Waals surface area contributed by atoms with Crippen molar-refractivity contribution in [3.63, 3.8) is 0 Å². The highest BCUT2D eigenvalue weighted by atomic mass is 31.2. The van der Waals surface area contributed by atoms with E-state index in [9.17, 15) is 9.13 Å². The summed E-state index contributed by atoms with van der Waals surface area (Å²) in [4.78, 5) is 31.9. The van der Waals surface area contributed by atoms with Crippen LogP contribution < -0.4 is 0 Å². The van der Waals surface area contributed by atoms with Crippen LogP contribution in [-0.4, -0.2) is 117 Å². The minimum absolute atomic E-state index is 1.35. The van der Waals surface area contributed by atoms with E-state index < -0.39 is 21.1 Å². The van der Waals surface area contributed by atoms with Crippen LogP contribution in [-0.2, 0) is 9.13 Å². The summed E-state index contributed by atoms with van der Waals surface area (Å²) in [6, 6.07) is 0. The highest BCUT2D eigenvalue weighted by molar-refractivity contribution is 7.69. The summed E-state index contributed by atoms with van der Waals surface area (Å²) in [6.07, 6.45) is 33.2. The number of hydrogen-bond donors (Lipinski definition) is 4. The highest BCUT2D eigenvalue weighted by Crippen LogP contribution is 2.51. The quantitative estimate of drug-likeness (QED) is 0.0362. The average Bonchev–Trinajstić information content (AvgIpc) is 3.21. The Morgan fingerprint density at radius 1 is 0.250 bits per heavy atom. The number of unbranched alkanes of at least 4 members (excludes halogenated alkanes) is 12. The topological polar surface area (TPSA) is 115 Å². The molecule has 0 aliphatic carbocycles. The van der Waals surface area contributed by atoms with Crippen molar-refractivity contribution in [2.75, 3.05) is 84.4 Å². The van der Waals surface area contributed by atoms with Crippen molar-refractivity contribution in [3.05, 3.63) is 0 Å². The van der Waals surface area contributed by atoms with E-state index in [2.05, 4.69) is 83.1 Å². The van der Waals surface area contributed by atoms with Gasteiger partial charge in [-0.05, 0) is 77.0 Å². The number of rotatable bonds is 38. The van der Waals surface area contributed by atoms with Gasteiger partial charge in [-0.15, -0.1) is 0 Å². The number of nitrogens with zero attached hydrogens (tertiary/aromatic N) is 3. The zero-order valence-electron chi connectivity index (χ0n) is 43.0. The first-order valence-electron chi connectivity index (χ1n) is 26.1. The predicted molar refractivity (Wildman–Crippen MR) is 267 cm³/mol. The molecule has 0 saturated carbocycles. The van der Waals surface area contributed by atoms with Gasteiger partial charge in [0.25, 0.3) is 0 Å². The molecule has 9 nitrogen and oxygen atoms in total. The van der Waals surface area contributed by atoms with Gasteiger partial charge >= 0.3 is 15.2 Å². The molecule has 0 spiro atoms. The zero-order chi connectivity index (χ0) is 46.7. The Hall–Kier alpha value is 0.180. The molecule has 0 rings (SSSR count). The van der Waals surface area contributed by atoms with Crippen molar-refractivity contribution in [2.24, 2.45) is 0 Å². The maximum Gasteiger partial charge on any atom is 0.337 e. The molecule has 0 bridgehead atoms. The lowest BCUT2D eigenvalue weighted by molar-refractivity contribution is -0.929. The molecule has 0 fully saturated rings. The maximum absolute atomic E-state index is 9.85. The summed E-state index contributed by atoms with van der Waals surface area (Å²) >= 11 is 0. The molecular formula is C49H114N3O6P2+3. The maximum atomic E-state index is 9.85. The third-order valence-corrected chi connectivity index (χ3v) is 15.1. The van der Waals surface area contributed by atoms with E-state index >= 15 is 0 Å². The third kappa shape index (κ3) is 43.4. The van der Waals surface area contributed by atoms with E-state index in [0.717, 1.165) is 0 Å². The average molecular weight is 903 g/mol. The molecule has 0 aliphatic heterocycles. The molecule has 4 N–H and O–H groups in total. The van der Waals surface area contributed by atoms with Crippen LogP contribution in [0, 0.1) is 0 Å². The Labute approximate surface area is 377 Å². The zero-order valence-corrected chi connectivity index (χ0v) is 44.8. The number of hydrogen-bond acceptors (Lipinski definition) is 2. The van der Waals surface area contributed by atoms with Crippen molar-refractivity contribution < 1.29 is 42.2 Å². The summed E-state index contributed by atoms with van der Waals surface area (Å²) in [5.74, 6) is -1.38. The van der Waals surface area contributed by atoms with Gasteiger partial charge < -0.3 is 33.0 Å². The monoisotopic (exact) mass is 903 g/mol. The van der Waals surface area contributed by atoms with Crippen molar-refractivity contribution in [2.45, 2.75) is 237 Å². The normalized spacial score (nSPS) is 12.3. The van der Waals surface area contributed by atoms with Crippen LogP contribution in [0.5, 0.6) is 0 Å². The van der Waals surface area contributed by atoms with Gasteiger partial charge in [0.1, 0.15) is 0 Å².